The summed E-state index contributed by atoms with van der Waals surface area (Å²) in [5.74, 6) is 1.60. The summed E-state index contributed by atoms with van der Waals surface area (Å²) in [6, 6.07) is 0.117. The zero-order valence-corrected chi connectivity index (χ0v) is 14.6. The molecule has 0 unspecified atom stereocenters. The minimum absolute atomic E-state index is 0.0730. The van der Waals surface area contributed by atoms with Crippen molar-refractivity contribution in [3.05, 3.63) is 11.7 Å². The topological polar surface area (TPSA) is 77.7 Å². The lowest BCUT2D eigenvalue weighted by molar-refractivity contribution is -0.131. The molecule has 2 fully saturated rings. The molecule has 2 aliphatic rings. The predicted molar refractivity (Wildman–Crippen MR) is 86.3 cm³/mol. The maximum Gasteiger partial charge on any atom is 0.240 e. The highest BCUT2D eigenvalue weighted by atomic mass is 16.5. The number of ketones is 1. The molecule has 0 spiro atoms. The monoisotopic (exact) mass is 337 g/mol. The number of ether oxygens (including phenoxy) is 2. The van der Waals surface area contributed by atoms with Crippen LogP contribution in [0.2, 0.25) is 0 Å². The summed E-state index contributed by atoms with van der Waals surface area (Å²) < 4.78 is 16.5. The van der Waals surface area contributed by atoms with Gasteiger partial charge in [0.15, 0.2) is 5.82 Å². The molecule has 0 amide bonds. The molecule has 3 rings (SSSR count). The number of rotatable bonds is 6. The Bertz CT molecular complexity index is 548. The minimum atomic E-state index is -0.173. The SMILES string of the molecule is CCO[C@H](C)c1noc(CN2CCOC[C@H]2[C@H]2CCCCC2=O)n1. The predicted octanol–water partition coefficient (Wildman–Crippen LogP) is 2.13. The molecule has 134 valence electrons. The van der Waals surface area contributed by atoms with Gasteiger partial charge >= 0.3 is 0 Å². The summed E-state index contributed by atoms with van der Waals surface area (Å²) >= 11 is 0. The van der Waals surface area contributed by atoms with E-state index in [1.165, 1.54) is 0 Å². The zero-order valence-electron chi connectivity index (χ0n) is 14.6. The number of carbonyl (C=O) groups excluding carboxylic acids is 1. The molecule has 1 aliphatic carbocycles. The fraction of sp³-hybridized carbons (Fsp3) is 0.824. The van der Waals surface area contributed by atoms with Crippen molar-refractivity contribution in [2.45, 2.75) is 58.2 Å². The molecular weight excluding hydrogens is 310 g/mol. The van der Waals surface area contributed by atoms with E-state index in [1.807, 2.05) is 13.8 Å². The van der Waals surface area contributed by atoms with Crippen LogP contribution < -0.4 is 0 Å². The second kappa shape index (κ2) is 8.18. The van der Waals surface area contributed by atoms with Crippen LogP contribution in [0, 0.1) is 5.92 Å². The van der Waals surface area contributed by atoms with Crippen LogP contribution in [0.15, 0.2) is 4.52 Å². The van der Waals surface area contributed by atoms with Gasteiger partial charge in [0.1, 0.15) is 11.9 Å². The van der Waals surface area contributed by atoms with Crippen LogP contribution in [0.4, 0.5) is 0 Å². The second-order valence-corrected chi connectivity index (χ2v) is 6.58. The first-order valence-electron chi connectivity index (χ1n) is 8.97. The molecule has 7 nitrogen and oxygen atoms in total. The van der Waals surface area contributed by atoms with E-state index < -0.39 is 0 Å². The Balaban J connectivity index is 1.66. The van der Waals surface area contributed by atoms with E-state index >= 15 is 0 Å². The molecule has 0 radical (unpaired) electrons. The van der Waals surface area contributed by atoms with E-state index in [0.29, 0.717) is 50.3 Å². The third kappa shape index (κ3) is 4.02. The quantitative estimate of drug-likeness (QED) is 0.787. The highest BCUT2D eigenvalue weighted by Crippen LogP contribution is 2.29. The molecule has 7 heteroatoms. The lowest BCUT2D eigenvalue weighted by Crippen LogP contribution is -2.51. The third-order valence-electron chi connectivity index (χ3n) is 4.95. The van der Waals surface area contributed by atoms with Crippen molar-refractivity contribution in [2.75, 3.05) is 26.4 Å². The van der Waals surface area contributed by atoms with E-state index in [9.17, 15) is 4.79 Å². The van der Waals surface area contributed by atoms with Crippen molar-refractivity contribution in [3.63, 3.8) is 0 Å². The van der Waals surface area contributed by atoms with E-state index in [2.05, 4.69) is 15.0 Å². The summed E-state index contributed by atoms with van der Waals surface area (Å²) in [4.78, 5) is 19.0. The van der Waals surface area contributed by atoms with E-state index in [1.54, 1.807) is 0 Å². The zero-order chi connectivity index (χ0) is 16.9. The first kappa shape index (κ1) is 17.5. The number of morpholine rings is 1. The van der Waals surface area contributed by atoms with Crippen LogP contribution >= 0.6 is 0 Å². The Kier molecular flexibility index (Phi) is 5.97. The van der Waals surface area contributed by atoms with Crippen molar-refractivity contribution < 1.29 is 18.8 Å². The molecule has 2 heterocycles. The molecule has 3 atom stereocenters. The van der Waals surface area contributed by atoms with E-state index in [-0.39, 0.29) is 18.1 Å². The molecule has 1 aromatic rings. The van der Waals surface area contributed by atoms with Crippen molar-refractivity contribution in [1.82, 2.24) is 15.0 Å². The Hall–Kier alpha value is -1.31. The van der Waals surface area contributed by atoms with Crippen LogP contribution in [0.3, 0.4) is 0 Å². The Labute approximate surface area is 142 Å². The van der Waals surface area contributed by atoms with Crippen LogP contribution in [0.25, 0.3) is 0 Å². The minimum Gasteiger partial charge on any atom is -0.378 e. The normalized spacial score (nSPS) is 27.3. The fourth-order valence-corrected chi connectivity index (χ4v) is 3.64. The lowest BCUT2D eigenvalue weighted by atomic mass is 9.82. The first-order chi connectivity index (χ1) is 11.7. The van der Waals surface area contributed by atoms with Gasteiger partial charge in [-0.2, -0.15) is 4.98 Å². The summed E-state index contributed by atoms with van der Waals surface area (Å²) in [7, 11) is 0. The standard InChI is InChI=1S/C17H27N3O4/c1-3-23-12(2)17-18-16(24-19-17)10-20-8-9-22-11-14(20)13-6-4-5-7-15(13)21/h12-14H,3-11H2,1-2H3/t12-,13-,14+/m1/s1. The van der Waals surface area contributed by atoms with E-state index in [4.69, 9.17) is 14.0 Å². The number of aromatic nitrogens is 2. The van der Waals surface area contributed by atoms with E-state index in [0.717, 1.165) is 25.8 Å². The van der Waals surface area contributed by atoms with Crippen molar-refractivity contribution in [2.24, 2.45) is 5.92 Å². The molecule has 1 aliphatic heterocycles. The third-order valence-corrected chi connectivity index (χ3v) is 4.95. The van der Waals surface area contributed by atoms with Crippen molar-refractivity contribution in [1.29, 1.82) is 0 Å². The number of Topliss-reactive ketones (excluding diaryl/α,β-unsaturated/α-hetero) is 1. The van der Waals surface area contributed by atoms with Gasteiger partial charge in [0.2, 0.25) is 5.89 Å². The lowest BCUT2D eigenvalue weighted by Gasteiger charge is -2.40. The van der Waals surface area contributed by atoms with Gasteiger partial charge < -0.3 is 14.0 Å². The molecule has 1 saturated heterocycles. The summed E-state index contributed by atoms with van der Waals surface area (Å²) in [5.41, 5.74) is 0. The average Bonchev–Trinajstić information content (AvgIpc) is 3.05. The van der Waals surface area contributed by atoms with Gasteiger partial charge in [-0.3, -0.25) is 9.69 Å². The van der Waals surface area contributed by atoms with Gasteiger partial charge in [-0.1, -0.05) is 11.6 Å². The number of nitrogens with zero attached hydrogens (tertiary/aromatic N) is 3. The Morgan fingerprint density at radius 3 is 3.08 bits per heavy atom. The molecule has 0 N–H and O–H groups in total. The van der Waals surface area contributed by atoms with Gasteiger partial charge in [-0.05, 0) is 26.7 Å². The maximum absolute atomic E-state index is 12.3. The highest BCUT2D eigenvalue weighted by molar-refractivity contribution is 5.82. The van der Waals surface area contributed by atoms with Gasteiger partial charge in [-0.25, -0.2) is 0 Å². The summed E-state index contributed by atoms with van der Waals surface area (Å²) in [5, 5.41) is 4.02. The maximum atomic E-state index is 12.3. The van der Waals surface area contributed by atoms with Crippen LogP contribution in [-0.4, -0.2) is 53.2 Å². The van der Waals surface area contributed by atoms with Crippen LogP contribution in [0.5, 0.6) is 0 Å². The van der Waals surface area contributed by atoms with Gasteiger partial charge in [0.25, 0.3) is 0 Å². The van der Waals surface area contributed by atoms with Crippen LogP contribution in [0.1, 0.15) is 57.3 Å². The van der Waals surface area contributed by atoms with Crippen molar-refractivity contribution >= 4 is 5.78 Å². The number of carbonyl (C=O) groups is 1. The Morgan fingerprint density at radius 1 is 1.42 bits per heavy atom. The van der Waals surface area contributed by atoms with Gasteiger partial charge in [0, 0.05) is 31.5 Å². The highest BCUT2D eigenvalue weighted by Gasteiger charge is 2.36. The molecule has 1 aromatic heterocycles. The smallest absolute Gasteiger partial charge is 0.240 e. The van der Waals surface area contributed by atoms with Crippen LogP contribution in [-0.2, 0) is 20.8 Å². The second-order valence-electron chi connectivity index (χ2n) is 6.58. The molecule has 0 bridgehead atoms. The number of hydrogen-bond donors (Lipinski definition) is 0. The molecular formula is C17H27N3O4. The average molecular weight is 337 g/mol. The van der Waals surface area contributed by atoms with Gasteiger partial charge in [0.05, 0.1) is 19.8 Å². The fourth-order valence-electron chi connectivity index (χ4n) is 3.64. The summed E-state index contributed by atoms with van der Waals surface area (Å²) in [6.45, 7) is 7.09. The first-order valence-corrected chi connectivity index (χ1v) is 8.97. The molecule has 0 aromatic carbocycles. The Morgan fingerprint density at radius 2 is 2.29 bits per heavy atom. The number of hydrogen-bond acceptors (Lipinski definition) is 7. The summed E-state index contributed by atoms with van der Waals surface area (Å²) in [6.07, 6.45) is 3.63. The van der Waals surface area contributed by atoms with Crippen molar-refractivity contribution in [3.8, 4) is 0 Å². The molecule has 1 saturated carbocycles. The molecule has 24 heavy (non-hydrogen) atoms. The van der Waals surface area contributed by atoms with Gasteiger partial charge in [-0.15, -0.1) is 0 Å². The largest absolute Gasteiger partial charge is 0.378 e.